The number of aromatic nitrogens is 1. The van der Waals surface area contributed by atoms with E-state index < -0.39 is 0 Å². The third-order valence-corrected chi connectivity index (χ3v) is 3.75. The summed E-state index contributed by atoms with van der Waals surface area (Å²) in [7, 11) is 0. The first-order chi connectivity index (χ1) is 9.99. The smallest absolute Gasteiger partial charge is 0.292 e. The van der Waals surface area contributed by atoms with E-state index in [4.69, 9.17) is 4.52 Å². The van der Waals surface area contributed by atoms with Gasteiger partial charge >= 0.3 is 0 Å². The van der Waals surface area contributed by atoms with Gasteiger partial charge in [0.25, 0.3) is 5.69 Å². The van der Waals surface area contributed by atoms with Gasteiger partial charge in [0.15, 0.2) is 0 Å². The first kappa shape index (κ1) is 15.5. The van der Waals surface area contributed by atoms with Crippen LogP contribution in [0.1, 0.15) is 23.4 Å². The van der Waals surface area contributed by atoms with E-state index in [1.165, 1.54) is 6.07 Å². The quantitative estimate of drug-likeness (QED) is 0.482. The van der Waals surface area contributed by atoms with Crippen LogP contribution >= 0.6 is 15.9 Å². The van der Waals surface area contributed by atoms with E-state index in [-0.39, 0.29) is 10.6 Å². The van der Waals surface area contributed by atoms with E-state index in [0.717, 1.165) is 34.3 Å². The van der Waals surface area contributed by atoms with Crippen molar-refractivity contribution in [2.24, 2.45) is 0 Å². The zero-order chi connectivity index (χ0) is 15.4. The molecule has 0 amide bonds. The highest BCUT2D eigenvalue weighted by Gasteiger charge is 2.13. The zero-order valence-electron chi connectivity index (χ0n) is 11.9. The summed E-state index contributed by atoms with van der Waals surface area (Å²) in [6.45, 7) is 4.45. The van der Waals surface area contributed by atoms with Gasteiger partial charge in [-0.2, -0.15) is 0 Å². The summed E-state index contributed by atoms with van der Waals surface area (Å²) in [6.07, 6.45) is 1.67. The minimum atomic E-state index is -0.386. The molecule has 0 fully saturated rings. The molecule has 1 heterocycles. The lowest BCUT2D eigenvalue weighted by Gasteiger charge is -2.07. The number of hydrogen-bond acceptors (Lipinski definition) is 5. The van der Waals surface area contributed by atoms with Crippen molar-refractivity contribution < 1.29 is 9.45 Å². The first-order valence-electron chi connectivity index (χ1n) is 6.58. The van der Waals surface area contributed by atoms with Crippen LogP contribution in [-0.4, -0.2) is 16.6 Å². The van der Waals surface area contributed by atoms with Crippen molar-refractivity contribution in [2.45, 2.75) is 26.7 Å². The topological polar surface area (TPSA) is 81.2 Å². The largest absolute Gasteiger partial charge is 0.379 e. The van der Waals surface area contributed by atoms with Gasteiger partial charge in [-0.05, 0) is 38.8 Å². The highest BCUT2D eigenvalue weighted by Crippen LogP contribution is 2.27. The molecule has 2 rings (SSSR count). The minimum absolute atomic E-state index is 0.0792. The number of hydrogen-bond donors (Lipinski definition) is 1. The maximum absolute atomic E-state index is 11.0. The fourth-order valence-electron chi connectivity index (χ4n) is 2.16. The van der Waals surface area contributed by atoms with Crippen LogP contribution in [-0.2, 0) is 6.42 Å². The summed E-state index contributed by atoms with van der Waals surface area (Å²) < 4.78 is 5.92. The number of nitro groups is 1. The highest BCUT2D eigenvalue weighted by atomic mass is 79.9. The Kier molecular flexibility index (Phi) is 4.95. The summed E-state index contributed by atoms with van der Waals surface area (Å²) >= 11 is 3.32. The number of halogens is 1. The van der Waals surface area contributed by atoms with Crippen molar-refractivity contribution in [3.8, 4) is 0 Å². The Morgan fingerprint density at radius 3 is 2.81 bits per heavy atom. The van der Waals surface area contributed by atoms with Crippen LogP contribution in [0.2, 0.25) is 0 Å². The SMILES string of the molecule is Cc1noc(C)c1CCCNc1cc(Br)ccc1[N+](=O)[O-]. The molecule has 0 saturated heterocycles. The lowest BCUT2D eigenvalue weighted by Crippen LogP contribution is -2.06. The second kappa shape index (κ2) is 6.71. The number of nitrogens with one attached hydrogen (secondary N) is 1. The van der Waals surface area contributed by atoms with Crippen molar-refractivity contribution in [1.82, 2.24) is 5.16 Å². The van der Waals surface area contributed by atoms with Crippen molar-refractivity contribution >= 4 is 27.3 Å². The van der Waals surface area contributed by atoms with Crippen LogP contribution in [0.5, 0.6) is 0 Å². The molecule has 0 aliphatic rings. The maximum Gasteiger partial charge on any atom is 0.292 e. The third kappa shape index (κ3) is 3.81. The van der Waals surface area contributed by atoms with Crippen LogP contribution in [0, 0.1) is 24.0 Å². The second-order valence-electron chi connectivity index (χ2n) is 4.75. The van der Waals surface area contributed by atoms with E-state index in [1.807, 2.05) is 13.8 Å². The van der Waals surface area contributed by atoms with Crippen LogP contribution in [0.4, 0.5) is 11.4 Å². The lowest BCUT2D eigenvalue weighted by molar-refractivity contribution is -0.384. The van der Waals surface area contributed by atoms with Gasteiger partial charge in [0, 0.05) is 22.6 Å². The molecule has 1 N–H and O–H groups in total. The Labute approximate surface area is 130 Å². The molecule has 0 unspecified atom stereocenters. The zero-order valence-corrected chi connectivity index (χ0v) is 13.4. The summed E-state index contributed by atoms with van der Waals surface area (Å²) in [5, 5.41) is 18.0. The molecule has 7 heteroatoms. The summed E-state index contributed by atoms with van der Waals surface area (Å²) in [6, 6.07) is 4.86. The molecule has 0 atom stereocenters. The Morgan fingerprint density at radius 2 is 2.19 bits per heavy atom. The number of benzene rings is 1. The Morgan fingerprint density at radius 1 is 1.43 bits per heavy atom. The monoisotopic (exact) mass is 353 g/mol. The van der Waals surface area contributed by atoms with Crippen LogP contribution in [0.25, 0.3) is 0 Å². The average molecular weight is 354 g/mol. The van der Waals surface area contributed by atoms with E-state index in [9.17, 15) is 10.1 Å². The summed E-state index contributed by atoms with van der Waals surface area (Å²) in [4.78, 5) is 10.6. The molecule has 0 aliphatic carbocycles. The molecule has 6 nitrogen and oxygen atoms in total. The Balaban J connectivity index is 1.95. The first-order valence-corrected chi connectivity index (χ1v) is 7.38. The van der Waals surface area contributed by atoms with Crippen molar-refractivity contribution in [3.63, 3.8) is 0 Å². The molecule has 1 aromatic carbocycles. The fraction of sp³-hybridized carbons (Fsp3) is 0.357. The molecule has 0 saturated carbocycles. The molecule has 0 radical (unpaired) electrons. The number of aryl methyl sites for hydroxylation is 2. The minimum Gasteiger partial charge on any atom is -0.379 e. The van der Waals surface area contributed by atoms with Gasteiger partial charge in [-0.1, -0.05) is 21.1 Å². The number of rotatable bonds is 6. The van der Waals surface area contributed by atoms with E-state index >= 15 is 0 Å². The second-order valence-corrected chi connectivity index (χ2v) is 5.67. The molecule has 2 aromatic rings. The average Bonchev–Trinajstić information content (AvgIpc) is 2.74. The van der Waals surface area contributed by atoms with E-state index in [1.54, 1.807) is 12.1 Å². The molecule has 21 heavy (non-hydrogen) atoms. The van der Waals surface area contributed by atoms with Gasteiger partial charge in [-0.3, -0.25) is 10.1 Å². The van der Waals surface area contributed by atoms with Gasteiger partial charge in [0.2, 0.25) is 0 Å². The van der Waals surface area contributed by atoms with Crippen LogP contribution in [0.15, 0.2) is 27.2 Å². The number of nitro benzene ring substituents is 1. The van der Waals surface area contributed by atoms with Gasteiger partial charge in [-0.15, -0.1) is 0 Å². The fourth-order valence-corrected chi connectivity index (χ4v) is 2.52. The molecular formula is C14H16BrN3O3. The maximum atomic E-state index is 11.0. The van der Waals surface area contributed by atoms with Crippen LogP contribution in [0.3, 0.4) is 0 Å². The Bertz CT molecular complexity index is 635. The molecular weight excluding hydrogens is 338 g/mol. The van der Waals surface area contributed by atoms with Gasteiger partial charge < -0.3 is 9.84 Å². The number of anilines is 1. The molecule has 112 valence electrons. The van der Waals surface area contributed by atoms with Gasteiger partial charge in [0.1, 0.15) is 11.4 Å². The lowest BCUT2D eigenvalue weighted by atomic mass is 10.1. The Hall–Kier alpha value is -1.89. The normalized spacial score (nSPS) is 10.6. The molecule has 0 bridgehead atoms. The number of nitrogens with zero attached hydrogens (tertiary/aromatic N) is 2. The van der Waals surface area contributed by atoms with E-state index in [0.29, 0.717) is 12.2 Å². The summed E-state index contributed by atoms with van der Waals surface area (Å²) in [5.74, 6) is 0.834. The van der Waals surface area contributed by atoms with Crippen molar-refractivity contribution in [3.05, 3.63) is 49.8 Å². The molecule has 1 aromatic heterocycles. The van der Waals surface area contributed by atoms with Crippen LogP contribution < -0.4 is 5.32 Å². The summed E-state index contributed by atoms with van der Waals surface area (Å²) in [5.41, 5.74) is 2.62. The predicted molar refractivity (Wildman–Crippen MR) is 83.6 cm³/mol. The van der Waals surface area contributed by atoms with Gasteiger partial charge in [-0.25, -0.2) is 0 Å². The third-order valence-electron chi connectivity index (χ3n) is 3.26. The standard InChI is InChI=1S/C14H16BrN3O3/c1-9-12(10(2)21-17-9)4-3-7-16-13-8-11(15)5-6-14(13)18(19)20/h5-6,8,16H,3-4,7H2,1-2H3. The molecule has 0 spiro atoms. The van der Waals surface area contributed by atoms with Gasteiger partial charge in [0.05, 0.1) is 10.6 Å². The van der Waals surface area contributed by atoms with Crippen molar-refractivity contribution in [2.75, 3.05) is 11.9 Å². The predicted octanol–water partition coefficient (Wildman–Crippen LogP) is 4.01. The van der Waals surface area contributed by atoms with E-state index in [2.05, 4.69) is 26.4 Å². The highest BCUT2D eigenvalue weighted by molar-refractivity contribution is 9.10. The van der Waals surface area contributed by atoms with Crippen molar-refractivity contribution in [1.29, 1.82) is 0 Å². The molecule has 0 aliphatic heterocycles.